The average molecular weight is 415 g/mol. The largest absolute Gasteiger partial charge is 0.508 e. The summed E-state index contributed by atoms with van der Waals surface area (Å²) in [7, 11) is 1.60. The molecule has 154 valence electrons. The van der Waals surface area contributed by atoms with E-state index in [0.29, 0.717) is 21.9 Å². The Morgan fingerprint density at radius 3 is 2.34 bits per heavy atom. The molecular formula is C24H27ClO4. The van der Waals surface area contributed by atoms with Crippen molar-refractivity contribution in [2.24, 2.45) is 0 Å². The van der Waals surface area contributed by atoms with Gasteiger partial charge in [-0.15, -0.1) is 0 Å². The van der Waals surface area contributed by atoms with Crippen molar-refractivity contribution < 1.29 is 19.4 Å². The molecule has 0 atom stereocenters. The van der Waals surface area contributed by atoms with Crippen LogP contribution in [0, 0.1) is 0 Å². The molecule has 29 heavy (non-hydrogen) atoms. The number of carbonyl (C=O) groups is 1. The third-order valence-electron chi connectivity index (χ3n) is 5.33. The first-order valence-corrected chi connectivity index (χ1v) is 10.1. The van der Waals surface area contributed by atoms with E-state index in [1.54, 1.807) is 46.9 Å². The SMILES string of the molecule is CCc1ccc(-c2ccc(Cl)cc2OC)cc1C1=C(O)C(C)(C)OC(C)(C)C1=O. The number of methoxy groups -OCH3 is 1. The second kappa shape index (κ2) is 7.51. The third-order valence-corrected chi connectivity index (χ3v) is 5.56. The lowest BCUT2D eigenvalue weighted by Gasteiger charge is -2.40. The second-order valence-corrected chi connectivity index (χ2v) is 8.68. The predicted molar refractivity (Wildman–Crippen MR) is 117 cm³/mol. The first-order valence-electron chi connectivity index (χ1n) is 9.67. The molecule has 0 bridgehead atoms. The number of aryl methyl sites for hydroxylation is 1. The lowest BCUT2D eigenvalue weighted by atomic mass is 9.80. The minimum Gasteiger partial charge on any atom is -0.508 e. The maximum Gasteiger partial charge on any atom is 0.198 e. The Hall–Kier alpha value is -2.30. The molecule has 1 N–H and O–H groups in total. The van der Waals surface area contributed by atoms with E-state index in [0.717, 1.165) is 23.1 Å². The first kappa shape index (κ1) is 21.4. The van der Waals surface area contributed by atoms with Gasteiger partial charge in [0, 0.05) is 10.6 Å². The van der Waals surface area contributed by atoms with Crippen LogP contribution in [0.15, 0.2) is 42.2 Å². The van der Waals surface area contributed by atoms with Crippen molar-refractivity contribution in [2.75, 3.05) is 7.11 Å². The molecule has 2 aromatic rings. The minimum atomic E-state index is -1.04. The molecule has 0 saturated carbocycles. The van der Waals surface area contributed by atoms with Crippen LogP contribution in [0.5, 0.6) is 5.75 Å². The van der Waals surface area contributed by atoms with E-state index in [9.17, 15) is 9.90 Å². The van der Waals surface area contributed by atoms with Gasteiger partial charge in [0.05, 0.1) is 12.7 Å². The molecule has 0 amide bonds. The summed E-state index contributed by atoms with van der Waals surface area (Å²) in [6.07, 6.45) is 0.721. The number of ketones is 1. The van der Waals surface area contributed by atoms with Crippen LogP contribution in [0.2, 0.25) is 5.02 Å². The van der Waals surface area contributed by atoms with Crippen LogP contribution >= 0.6 is 11.6 Å². The van der Waals surface area contributed by atoms with Crippen molar-refractivity contribution in [2.45, 2.75) is 52.2 Å². The highest BCUT2D eigenvalue weighted by molar-refractivity contribution is 6.30. The fourth-order valence-electron chi connectivity index (χ4n) is 3.88. The molecule has 0 unspecified atom stereocenters. The van der Waals surface area contributed by atoms with Crippen molar-refractivity contribution >= 4 is 23.0 Å². The van der Waals surface area contributed by atoms with Gasteiger partial charge in [0.25, 0.3) is 0 Å². The highest BCUT2D eigenvalue weighted by Crippen LogP contribution is 2.42. The molecule has 1 aliphatic rings. The standard InChI is InChI=1S/C24H27ClO4/c1-7-14-8-9-15(17-11-10-16(25)13-19(17)28-6)12-18(14)20-21(26)23(2,3)29-24(4,5)22(20)27/h8-13,26H,7H2,1-6H3. The van der Waals surface area contributed by atoms with Crippen molar-refractivity contribution in [3.63, 3.8) is 0 Å². The number of hydrogen-bond acceptors (Lipinski definition) is 4. The minimum absolute atomic E-state index is 0.0447. The van der Waals surface area contributed by atoms with Gasteiger partial charge in [0.2, 0.25) is 0 Å². The smallest absolute Gasteiger partial charge is 0.198 e. The summed E-state index contributed by atoms with van der Waals surface area (Å²) in [5, 5.41) is 11.5. The molecule has 4 nitrogen and oxygen atoms in total. The summed E-state index contributed by atoms with van der Waals surface area (Å²) in [4.78, 5) is 13.2. The average Bonchev–Trinajstić information content (AvgIpc) is 2.66. The molecular weight excluding hydrogens is 388 g/mol. The summed E-state index contributed by atoms with van der Waals surface area (Å²) in [5.41, 5.74) is 1.74. The summed E-state index contributed by atoms with van der Waals surface area (Å²) < 4.78 is 11.4. The molecule has 0 aromatic heterocycles. The Morgan fingerprint density at radius 2 is 1.72 bits per heavy atom. The third kappa shape index (κ3) is 3.79. The van der Waals surface area contributed by atoms with Crippen molar-refractivity contribution in [1.82, 2.24) is 0 Å². The molecule has 0 saturated heterocycles. The van der Waals surface area contributed by atoms with Gasteiger partial charge in [-0.05, 0) is 75.1 Å². The van der Waals surface area contributed by atoms with E-state index in [1.807, 2.05) is 31.2 Å². The van der Waals surface area contributed by atoms with Crippen LogP contribution in [0.25, 0.3) is 16.7 Å². The van der Waals surface area contributed by atoms with Crippen LogP contribution in [0.4, 0.5) is 0 Å². The van der Waals surface area contributed by atoms with E-state index in [-0.39, 0.29) is 11.5 Å². The van der Waals surface area contributed by atoms with Gasteiger partial charge in [-0.25, -0.2) is 0 Å². The number of Topliss-reactive ketones (excluding diaryl/α,β-unsaturated/α-hetero) is 1. The number of hydrogen-bond donors (Lipinski definition) is 1. The summed E-state index contributed by atoms with van der Waals surface area (Å²) >= 11 is 6.11. The number of rotatable bonds is 4. The number of aliphatic hydroxyl groups excluding tert-OH is 1. The van der Waals surface area contributed by atoms with Crippen LogP contribution in [-0.2, 0) is 16.0 Å². The molecule has 1 aliphatic heterocycles. The Bertz CT molecular complexity index is 1000. The maximum atomic E-state index is 13.2. The Balaban J connectivity index is 2.27. The maximum absolute atomic E-state index is 13.2. The Labute approximate surface area is 177 Å². The van der Waals surface area contributed by atoms with Gasteiger partial charge in [0.15, 0.2) is 5.78 Å². The van der Waals surface area contributed by atoms with Gasteiger partial charge < -0.3 is 14.6 Å². The molecule has 0 fully saturated rings. The highest BCUT2D eigenvalue weighted by Gasteiger charge is 2.47. The van der Waals surface area contributed by atoms with Crippen LogP contribution in [-0.4, -0.2) is 29.2 Å². The Morgan fingerprint density at radius 1 is 1.03 bits per heavy atom. The van der Waals surface area contributed by atoms with Gasteiger partial charge in [-0.3, -0.25) is 4.79 Å². The van der Waals surface area contributed by atoms with Crippen molar-refractivity contribution in [3.05, 3.63) is 58.3 Å². The first-order chi connectivity index (χ1) is 13.5. The summed E-state index contributed by atoms with van der Waals surface area (Å²) in [6, 6.07) is 11.4. The van der Waals surface area contributed by atoms with Gasteiger partial charge in [-0.1, -0.05) is 30.7 Å². The molecule has 2 aromatic carbocycles. The van der Waals surface area contributed by atoms with Crippen molar-refractivity contribution in [1.29, 1.82) is 0 Å². The Kier molecular flexibility index (Phi) is 5.54. The van der Waals surface area contributed by atoms with Crippen molar-refractivity contribution in [3.8, 4) is 16.9 Å². The molecule has 3 rings (SSSR count). The molecule has 0 aliphatic carbocycles. The number of carbonyl (C=O) groups excluding carboxylic acids is 1. The van der Waals surface area contributed by atoms with Crippen LogP contribution in [0.3, 0.4) is 0 Å². The second-order valence-electron chi connectivity index (χ2n) is 8.25. The van der Waals surface area contributed by atoms with E-state index in [1.165, 1.54) is 0 Å². The van der Waals surface area contributed by atoms with Gasteiger partial charge in [-0.2, -0.15) is 0 Å². The molecule has 0 radical (unpaired) electrons. The monoisotopic (exact) mass is 414 g/mol. The topological polar surface area (TPSA) is 55.8 Å². The molecule has 0 spiro atoms. The normalized spacial score (nSPS) is 18.1. The zero-order chi connectivity index (χ0) is 21.6. The quantitative estimate of drug-likeness (QED) is 0.666. The zero-order valence-corrected chi connectivity index (χ0v) is 18.5. The van der Waals surface area contributed by atoms with E-state index in [4.69, 9.17) is 21.1 Å². The zero-order valence-electron chi connectivity index (χ0n) is 17.7. The lowest BCUT2D eigenvalue weighted by molar-refractivity contribution is -0.158. The number of ether oxygens (including phenoxy) is 2. The lowest BCUT2D eigenvalue weighted by Crippen LogP contribution is -2.49. The van der Waals surface area contributed by atoms with Gasteiger partial charge in [0.1, 0.15) is 22.7 Å². The number of aliphatic hydroxyl groups is 1. The summed E-state index contributed by atoms with van der Waals surface area (Å²) in [6.45, 7) is 9.05. The van der Waals surface area contributed by atoms with E-state index in [2.05, 4.69) is 0 Å². The van der Waals surface area contributed by atoms with E-state index >= 15 is 0 Å². The highest BCUT2D eigenvalue weighted by atomic mass is 35.5. The summed E-state index contributed by atoms with van der Waals surface area (Å²) in [5.74, 6) is 0.367. The number of halogens is 1. The number of benzene rings is 2. The fraction of sp³-hybridized carbons (Fsp3) is 0.375. The van der Waals surface area contributed by atoms with Crippen LogP contribution < -0.4 is 4.74 Å². The van der Waals surface area contributed by atoms with E-state index < -0.39 is 11.2 Å². The molecule has 5 heteroatoms. The van der Waals surface area contributed by atoms with Crippen LogP contribution in [0.1, 0.15) is 45.7 Å². The fourth-order valence-corrected chi connectivity index (χ4v) is 4.04. The predicted octanol–water partition coefficient (Wildman–Crippen LogP) is 6.00. The van der Waals surface area contributed by atoms with Gasteiger partial charge >= 0.3 is 0 Å². The molecule has 1 heterocycles.